The highest BCUT2D eigenvalue weighted by molar-refractivity contribution is 8.12. The van der Waals surface area contributed by atoms with Crippen molar-refractivity contribution < 1.29 is 47.5 Å². The second kappa shape index (κ2) is 12.8. The van der Waals surface area contributed by atoms with Crippen LogP contribution < -0.4 is 8.31 Å². The van der Waals surface area contributed by atoms with Gasteiger partial charge in [0.2, 0.25) is 0 Å². The highest BCUT2D eigenvalue weighted by atomic mass is 32.3. The molecule has 0 aliphatic heterocycles. The first-order valence-electron chi connectivity index (χ1n) is 14.1. The Morgan fingerprint density at radius 2 is 1.10 bits per heavy atom. The van der Waals surface area contributed by atoms with Gasteiger partial charge in [0.1, 0.15) is 5.75 Å². The molecule has 3 saturated carbocycles. The van der Waals surface area contributed by atoms with E-state index in [4.69, 9.17) is 4.18 Å². The van der Waals surface area contributed by atoms with Gasteiger partial charge in [-0.25, -0.2) is 8.42 Å². The lowest BCUT2D eigenvalue weighted by molar-refractivity contribution is -0.0441. The molecule has 3 aliphatic carbocycles. The maximum Gasteiger partial charge on any atom is 0.593 e. The first kappa shape index (κ1) is 32.7. The van der Waals surface area contributed by atoms with Crippen LogP contribution in [0.5, 0.6) is 5.75 Å². The Morgan fingerprint density at radius 3 is 1.49 bits per heavy atom. The first-order chi connectivity index (χ1) is 19.1. The van der Waals surface area contributed by atoms with Crippen molar-refractivity contribution in [1.82, 2.24) is 4.13 Å². The molecule has 0 bridgehead atoms. The monoisotopic (exact) mass is 649 g/mol. The molecular formula is C26H36F5NO6S3. The quantitative estimate of drug-likeness (QED) is 0.172. The molecule has 1 aromatic rings. The molecule has 3 aliphatic rings. The van der Waals surface area contributed by atoms with Gasteiger partial charge in [-0.05, 0) is 77.1 Å². The standard InChI is InChI=1S/C26H36F5NO6S3/c27-25(28,29)39(33)32-40(34,35)26(30,31)41(36,37)38-24-22(19-12-6-2-7-13-19)16-21(18-10-4-1-5-11-18)17-23(24)20-14-8-3-9-15-20/h16-20,32H,1-15H2. The molecule has 0 heterocycles. The van der Waals surface area contributed by atoms with Crippen molar-refractivity contribution in [3.05, 3.63) is 28.8 Å². The summed E-state index contributed by atoms with van der Waals surface area (Å²) < 4.78 is 129. The molecular weight excluding hydrogens is 613 g/mol. The summed E-state index contributed by atoms with van der Waals surface area (Å²) in [6.45, 7) is 0. The van der Waals surface area contributed by atoms with E-state index in [-0.39, 0.29) is 27.6 Å². The Balaban J connectivity index is 1.81. The average molecular weight is 650 g/mol. The molecule has 0 radical (unpaired) electrons. The molecule has 41 heavy (non-hydrogen) atoms. The van der Waals surface area contributed by atoms with Gasteiger partial charge in [0.05, 0.1) is 0 Å². The zero-order valence-corrected chi connectivity index (χ0v) is 25.0. The zero-order valence-electron chi connectivity index (χ0n) is 22.6. The molecule has 1 N–H and O–H groups in total. The smallest absolute Gasteiger partial charge is 0.590 e. The average Bonchev–Trinajstić information content (AvgIpc) is 2.93. The number of halogens is 5. The SMILES string of the molecule is O=S(=O)(N[S+]([O-])C(F)(F)F)C(F)(F)S(=O)(=O)Oc1c(C2CCCCC2)cc(C2CCCCC2)cc1C1CCCCC1. The Kier molecular flexibility index (Phi) is 10.2. The number of benzene rings is 1. The Bertz CT molecular complexity index is 1230. The molecule has 1 unspecified atom stereocenters. The van der Waals surface area contributed by atoms with E-state index in [1.165, 1.54) is 0 Å². The van der Waals surface area contributed by atoms with Gasteiger partial charge in [-0.1, -0.05) is 69.9 Å². The van der Waals surface area contributed by atoms with Crippen LogP contribution >= 0.6 is 0 Å². The summed E-state index contributed by atoms with van der Waals surface area (Å²) in [5, 5.41) is 0. The van der Waals surface area contributed by atoms with Crippen LogP contribution in [0.3, 0.4) is 0 Å². The lowest BCUT2D eigenvalue weighted by Gasteiger charge is -2.32. The fourth-order valence-electron chi connectivity index (χ4n) is 6.39. The number of nitrogens with one attached hydrogen (secondary N) is 1. The molecule has 1 aromatic carbocycles. The normalized spacial score (nSPS) is 22.0. The van der Waals surface area contributed by atoms with Gasteiger partial charge in [-0.3, -0.25) is 0 Å². The van der Waals surface area contributed by atoms with Crippen molar-refractivity contribution in [1.29, 1.82) is 0 Å². The van der Waals surface area contributed by atoms with Crippen molar-refractivity contribution >= 4 is 31.5 Å². The van der Waals surface area contributed by atoms with Crippen molar-refractivity contribution in [2.75, 3.05) is 0 Å². The largest absolute Gasteiger partial charge is 0.593 e. The number of sulfonamides is 1. The number of hydrogen-bond acceptors (Lipinski definition) is 6. The molecule has 0 amide bonds. The molecule has 0 spiro atoms. The van der Waals surface area contributed by atoms with Crippen molar-refractivity contribution in [2.45, 2.75) is 124 Å². The summed E-state index contributed by atoms with van der Waals surface area (Å²) in [7, 11) is -13.0. The highest BCUT2D eigenvalue weighted by Gasteiger charge is 2.64. The molecule has 0 aromatic heterocycles. The van der Waals surface area contributed by atoms with E-state index in [0.29, 0.717) is 36.8 Å². The second-order valence-corrected chi connectivity index (χ2v) is 16.4. The van der Waals surface area contributed by atoms with Crippen LogP contribution in [-0.2, 0) is 31.5 Å². The van der Waals surface area contributed by atoms with Crippen LogP contribution in [0.25, 0.3) is 0 Å². The van der Waals surface area contributed by atoms with E-state index in [9.17, 15) is 34.6 Å². The first-order valence-corrected chi connectivity index (χ1v) is 18.2. The van der Waals surface area contributed by atoms with E-state index in [2.05, 4.69) is 0 Å². The maximum atomic E-state index is 15.1. The Morgan fingerprint density at radius 1 is 0.707 bits per heavy atom. The number of rotatable bonds is 9. The van der Waals surface area contributed by atoms with E-state index in [0.717, 1.165) is 76.2 Å². The van der Waals surface area contributed by atoms with Gasteiger partial charge in [-0.15, -0.1) is 13.2 Å². The third-order valence-electron chi connectivity index (χ3n) is 8.53. The summed E-state index contributed by atoms with van der Waals surface area (Å²) in [5.41, 5.74) is -3.89. The van der Waals surface area contributed by atoms with E-state index in [1.54, 1.807) is 0 Å². The molecule has 15 heteroatoms. The lowest BCUT2D eigenvalue weighted by atomic mass is 9.75. The topological polar surface area (TPSA) is 113 Å². The minimum atomic E-state index is -6.64. The van der Waals surface area contributed by atoms with Crippen molar-refractivity contribution in [2.24, 2.45) is 0 Å². The van der Waals surface area contributed by atoms with Crippen LogP contribution in [0, 0.1) is 0 Å². The molecule has 4 rings (SSSR count). The van der Waals surface area contributed by atoms with Crippen molar-refractivity contribution in [3.8, 4) is 5.75 Å². The summed E-state index contributed by atoms with van der Waals surface area (Å²) in [4.78, 5) is 0. The summed E-state index contributed by atoms with van der Waals surface area (Å²) in [5.74, 6) is -0.542. The van der Waals surface area contributed by atoms with Crippen LogP contribution in [0.2, 0.25) is 0 Å². The van der Waals surface area contributed by atoms with Gasteiger partial charge < -0.3 is 8.74 Å². The number of alkyl halides is 5. The minimum Gasteiger partial charge on any atom is -0.590 e. The summed E-state index contributed by atoms with van der Waals surface area (Å²) in [6, 6.07) is 3.62. The van der Waals surface area contributed by atoms with Gasteiger partial charge in [0.25, 0.3) is 0 Å². The number of hydrogen-bond donors (Lipinski definition) is 1. The van der Waals surface area contributed by atoms with E-state index in [1.807, 2.05) is 12.1 Å². The van der Waals surface area contributed by atoms with Crippen LogP contribution in [0.4, 0.5) is 22.0 Å². The van der Waals surface area contributed by atoms with Crippen molar-refractivity contribution in [3.63, 3.8) is 0 Å². The third-order valence-corrected chi connectivity index (χ3v) is 13.3. The zero-order chi connectivity index (χ0) is 30.1. The summed E-state index contributed by atoms with van der Waals surface area (Å²) in [6.07, 6.45) is 13.0. The Labute approximate surface area is 241 Å². The summed E-state index contributed by atoms with van der Waals surface area (Å²) >= 11 is -4.50. The Hall–Kier alpha value is -1.16. The predicted molar refractivity (Wildman–Crippen MR) is 145 cm³/mol. The minimum absolute atomic E-state index is 0.207. The van der Waals surface area contributed by atoms with Gasteiger partial charge in [-0.2, -0.15) is 17.2 Å². The maximum absolute atomic E-state index is 15.1. The fourth-order valence-corrected chi connectivity index (χ4v) is 9.94. The molecule has 3 fully saturated rings. The molecule has 1 atom stereocenters. The van der Waals surface area contributed by atoms with Gasteiger partial charge in [0, 0.05) is 0 Å². The predicted octanol–water partition coefficient (Wildman–Crippen LogP) is 7.19. The van der Waals surface area contributed by atoms with E-state index < -0.39 is 41.6 Å². The fraction of sp³-hybridized carbons (Fsp3) is 0.769. The molecule has 234 valence electrons. The van der Waals surface area contributed by atoms with Gasteiger partial charge in [0.15, 0.2) is 11.4 Å². The van der Waals surface area contributed by atoms with Crippen LogP contribution in [0.15, 0.2) is 12.1 Å². The van der Waals surface area contributed by atoms with Crippen LogP contribution in [-0.4, -0.2) is 31.5 Å². The third kappa shape index (κ3) is 7.32. The van der Waals surface area contributed by atoms with Gasteiger partial charge >= 0.3 is 30.2 Å². The molecule has 0 saturated heterocycles. The second-order valence-electron chi connectivity index (χ2n) is 11.3. The molecule has 7 nitrogen and oxygen atoms in total. The van der Waals surface area contributed by atoms with E-state index >= 15 is 8.78 Å². The van der Waals surface area contributed by atoms with Crippen LogP contribution in [0.1, 0.15) is 131 Å². The highest BCUT2D eigenvalue weighted by Crippen LogP contribution is 2.48. The lowest BCUT2D eigenvalue weighted by Crippen LogP contribution is -2.51.